The molecule has 4 nitrogen and oxygen atoms in total. The molecule has 8 heteroatoms. The van der Waals surface area contributed by atoms with E-state index in [4.69, 9.17) is 4.43 Å². The summed E-state index contributed by atoms with van der Waals surface area (Å²) in [6.07, 6.45) is -3.40. The molecule has 0 saturated heterocycles. The fourth-order valence-corrected chi connectivity index (χ4v) is 4.58. The number of ketones is 1. The van der Waals surface area contributed by atoms with Crippen molar-refractivity contribution >= 4 is 21.5 Å². The molecule has 1 aromatic rings. The third-order valence-corrected chi connectivity index (χ3v) is 7.68. The maximum atomic E-state index is 12.3. The zero-order chi connectivity index (χ0) is 25.5. The monoisotopic (exact) mass is 487 g/mol. The molecular weight excluding hydrogens is 447 g/mol. The molecule has 1 N–H and O–H groups in total. The van der Waals surface area contributed by atoms with Crippen LogP contribution in [-0.4, -0.2) is 38.8 Å². The Bertz CT molecular complexity index is 786. The summed E-state index contributed by atoms with van der Waals surface area (Å²) in [5, 5.41) is 3.22. The van der Waals surface area contributed by atoms with Gasteiger partial charge in [-0.15, -0.1) is 0 Å². The summed E-state index contributed by atoms with van der Waals surface area (Å²) in [5.74, 6) is -0.258. The molecule has 1 aromatic carbocycles. The van der Waals surface area contributed by atoms with E-state index in [2.05, 4.69) is 26.1 Å². The van der Waals surface area contributed by atoms with Gasteiger partial charge in [0.15, 0.2) is 15.5 Å². The van der Waals surface area contributed by atoms with E-state index < -0.39 is 33.5 Å². The number of carbonyl (C=O) groups excluding carboxylic acids is 2. The van der Waals surface area contributed by atoms with Gasteiger partial charge in [-0.3, -0.25) is 9.59 Å². The van der Waals surface area contributed by atoms with Crippen molar-refractivity contribution in [3.63, 3.8) is 0 Å². The molecule has 0 radical (unpaired) electrons. The second-order valence-electron chi connectivity index (χ2n) is 10.8. The van der Waals surface area contributed by atoms with Crippen molar-refractivity contribution in [1.82, 2.24) is 5.32 Å². The van der Waals surface area contributed by atoms with Crippen LogP contribution in [0.15, 0.2) is 24.3 Å². The van der Waals surface area contributed by atoms with Crippen molar-refractivity contribution in [3.05, 3.63) is 35.4 Å². The first kappa shape index (κ1) is 29.4. The van der Waals surface area contributed by atoms with Crippen molar-refractivity contribution in [3.8, 4) is 0 Å². The number of nitrogens with one attached hydrogen (secondary N) is 1. The Kier molecular flexibility index (Phi) is 10.4. The van der Waals surface area contributed by atoms with Gasteiger partial charge in [0.1, 0.15) is 0 Å². The minimum atomic E-state index is -4.18. The van der Waals surface area contributed by atoms with Gasteiger partial charge in [0.05, 0.1) is 11.1 Å². The summed E-state index contributed by atoms with van der Waals surface area (Å²) in [6, 6.07) is 7.19. The first-order valence-corrected chi connectivity index (χ1v) is 12.8. The zero-order valence-corrected chi connectivity index (χ0v) is 22.5. The molecule has 0 bridgehead atoms. The number of aryl methyl sites for hydroxylation is 1. The third-order valence-electron chi connectivity index (χ3n) is 5.95. The summed E-state index contributed by atoms with van der Waals surface area (Å²) in [5.41, 5.74) is 0.397. The number of rotatable bonds is 12. The smallest absolute Gasteiger partial charge is 0.389 e. The second kappa shape index (κ2) is 11.6. The molecule has 0 spiro atoms. The molecule has 0 heterocycles. The lowest BCUT2D eigenvalue weighted by atomic mass is 9.79. The molecule has 0 saturated carbocycles. The molecule has 0 unspecified atom stereocenters. The molecule has 1 atom stereocenters. The number of halogens is 3. The summed E-state index contributed by atoms with van der Waals surface area (Å²) < 4.78 is 43.1. The zero-order valence-electron chi connectivity index (χ0n) is 21.1. The van der Waals surface area contributed by atoms with Crippen LogP contribution in [-0.2, 0) is 15.6 Å². The minimum Gasteiger partial charge on any atom is -0.416 e. The van der Waals surface area contributed by atoms with E-state index in [-0.39, 0.29) is 36.0 Å². The molecule has 0 aliphatic carbocycles. The van der Waals surface area contributed by atoms with Crippen molar-refractivity contribution in [2.45, 2.75) is 109 Å². The van der Waals surface area contributed by atoms with E-state index >= 15 is 0 Å². The average molecular weight is 488 g/mol. The van der Waals surface area contributed by atoms with Crippen molar-refractivity contribution in [1.29, 1.82) is 0 Å². The normalized spacial score (nSPS) is 15.0. The summed E-state index contributed by atoms with van der Waals surface area (Å²) in [7, 11) is -0.831. The van der Waals surface area contributed by atoms with Crippen LogP contribution in [0.3, 0.4) is 0 Å². The number of amides is 1. The third kappa shape index (κ3) is 10.9. The first-order chi connectivity index (χ1) is 14.9. The number of Topliss-reactive ketones (excluding diaryl/α,β-unsaturated/α-hetero) is 1. The van der Waals surface area contributed by atoms with Crippen molar-refractivity contribution < 1.29 is 27.2 Å². The lowest BCUT2D eigenvalue weighted by Crippen LogP contribution is -2.61. The van der Waals surface area contributed by atoms with Crippen LogP contribution < -0.4 is 5.32 Å². The Hall–Kier alpha value is -1.67. The van der Waals surface area contributed by atoms with Gasteiger partial charge < -0.3 is 9.74 Å². The van der Waals surface area contributed by atoms with Gasteiger partial charge in [0.25, 0.3) is 0 Å². The Morgan fingerprint density at radius 2 is 1.52 bits per heavy atom. The number of benzene rings is 1. The molecule has 0 aliphatic heterocycles. The Labute approximate surface area is 199 Å². The van der Waals surface area contributed by atoms with Crippen molar-refractivity contribution in [2.75, 3.05) is 0 Å². The molecule has 0 fully saturated rings. The van der Waals surface area contributed by atoms with E-state index in [0.29, 0.717) is 18.4 Å². The van der Waals surface area contributed by atoms with E-state index in [9.17, 15) is 22.8 Å². The second-order valence-corrected chi connectivity index (χ2v) is 13.5. The van der Waals surface area contributed by atoms with Crippen LogP contribution in [0.5, 0.6) is 0 Å². The van der Waals surface area contributed by atoms with Gasteiger partial charge in [-0.1, -0.05) is 45.0 Å². The number of carbonyl (C=O) groups is 2. The predicted molar refractivity (Wildman–Crippen MR) is 129 cm³/mol. The van der Waals surface area contributed by atoms with E-state index in [1.807, 2.05) is 32.9 Å². The van der Waals surface area contributed by atoms with Crippen LogP contribution >= 0.6 is 0 Å². The number of alkyl halides is 3. The fraction of sp³-hybridized carbons (Fsp3) is 0.680. The summed E-state index contributed by atoms with van der Waals surface area (Å²) in [4.78, 5) is 24.2. The molecular formula is C25H40F3NO3Si. The van der Waals surface area contributed by atoms with Crippen LogP contribution in [0.1, 0.15) is 96.5 Å². The largest absolute Gasteiger partial charge is 0.416 e. The topological polar surface area (TPSA) is 55.4 Å². The Morgan fingerprint density at radius 1 is 0.939 bits per heavy atom. The molecule has 0 aliphatic rings. The van der Waals surface area contributed by atoms with E-state index in [1.165, 1.54) is 6.92 Å². The molecule has 33 heavy (non-hydrogen) atoms. The number of unbranched alkanes of at least 4 members (excludes halogenated alkanes) is 1. The summed E-state index contributed by atoms with van der Waals surface area (Å²) >= 11 is 0. The highest BCUT2D eigenvalue weighted by Crippen LogP contribution is 2.33. The lowest BCUT2D eigenvalue weighted by molar-refractivity contribution is -0.135. The van der Waals surface area contributed by atoms with Crippen LogP contribution in [0.2, 0.25) is 5.04 Å². The van der Waals surface area contributed by atoms with Gasteiger partial charge in [0.2, 0.25) is 5.91 Å². The van der Waals surface area contributed by atoms with Gasteiger partial charge in [-0.25, -0.2) is 0 Å². The highest BCUT2D eigenvalue weighted by Gasteiger charge is 2.42. The Balaban J connectivity index is 2.76. The number of hydrogen-bond donors (Lipinski definition) is 1. The highest BCUT2D eigenvalue weighted by molar-refractivity contribution is 6.31. The summed E-state index contributed by atoms with van der Waals surface area (Å²) in [6.45, 7) is 14.0. The van der Waals surface area contributed by atoms with Crippen LogP contribution in [0.4, 0.5) is 13.2 Å². The molecule has 1 rings (SSSR count). The van der Waals surface area contributed by atoms with Crippen LogP contribution in [0.25, 0.3) is 0 Å². The van der Waals surface area contributed by atoms with Crippen LogP contribution in [0, 0.1) is 0 Å². The quantitative estimate of drug-likeness (QED) is 0.226. The predicted octanol–water partition coefficient (Wildman–Crippen LogP) is 5.92. The van der Waals surface area contributed by atoms with Gasteiger partial charge in [-0.05, 0) is 57.1 Å². The SMILES string of the molecule is CC(=O)N[C@](C)(CCc1ccc(C(=O)CCCCC(F)(F)F)cc1)C(C)(C)O[SiH2]C(C)(C)C. The highest BCUT2D eigenvalue weighted by atomic mass is 28.2. The molecule has 1 amide bonds. The molecule has 0 aromatic heterocycles. The lowest BCUT2D eigenvalue weighted by Gasteiger charge is -2.46. The fourth-order valence-electron chi connectivity index (χ4n) is 3.47. The maximum absolute atomic E-state index is 12.3. The Morgan fingerprint density at radius 3 is 2.00 bits per heavy atom. The molecule has 188 valence electrons. The number of hydrogen-bond acceptors (Lipinski definition) is 3. The van der Waals surface area contributed by atoms with Gasteiger partial charge in [-0.2, -0.15) is 13.2 Å². The van der Waals surface area contributed by atoms with Gasteiger partial charge in [0, 0.05) is 25.3 Å². The van der Waals surface area contributed by atoms with E-state index in [0.717, 1.165) is 5.56 Å². The standard InChI is InChI=1S/C25H40F3NO3Si/c1-18(30)29-24(7,23(5,6)32-33-22(2,3)4)17-15-19-11-13-20(14-12-19)21(31)10-8-9-16-25(26,27)28/h11-14H,8-10,15-17,33H2,1-7H3,(H,29,30)/t24-/m1/s1. The van der Waals surface area contributed by atoms with Crippen molar-refractivity contribution in [2.24, 2.45) is 0 Å². The minimum absolute atomic E-state index is 0.0367. The van der Waals surface area contributed by atoms with E-state index in [1.54, 1.807) is 12.1 Å². The van der Waals surface area contributed by atoms with Gasteiger partial charge >= 0.3 is 6.18 Å². The average Bonchev–Trinajstić information content (AvgIpc) is 2.66. The maximum Gasteiger partial charge on any atom is 0.389 e. The first-order valence-electron chi connectivity index (χ1n) is 11.6.